The van der Waals surface area contributed by atoms with Gasteiger partial charge in [0.05, 0.1) is 18.4 Å². The average Bonchev–Trinajstić information content (AvgIpc) is 2.61. The summed E-state index contributed by atoms with van der Waals surface area (Å²) in [7, 11) is 0. The molecule has 0 spiro atoms. The van der Waals surface area contributed by atoms with E-state index < -0.39 is 6.10 Å². The number of nitrogens with zero attached hydrogens (tertiary/aromatic N) is 1. The zero-order chi connectivity index (χ0) is 17.4. The Morgan fingerprint density at radius 2 is 1.88 bits per heavy atom. The maximum atomic E-state index is 10.5. The molecule has 1 atom stereocenters. The lowest BCUT2D eigenvalue weighted by atomic mass is 10.0. The van der Waals surface area contributed by atoms with Gasteiger partial charge in [0.15, 0.2) is 0 Å². The van der Waals surface area contributed by atoms with Crippen LogP contribution in [0.3, 0.4) is 0 Å². The van der Waals surface area contributed by atoms with E-state index in [0.29, 0.717) is 24.5 Å². The summed E-state index contributed by atoms with van der Waals surface area (Å²) >= 11 is 0. The minimum absolute atomic E-state index is 0.521. The molecule has 24 heavy (non-hydrogen) atoms. The second kappa shape index (κ2) is 9.30. The summed E-state index contributed by atoms with van der Waals surface area (Å²) in [6.45, 7) is 7.33. The lowest BCUT2D eigenvalue weighted by Crippen LogP contribution is -2.25. The Morgan fingerprint density at radius 1 is 1.12 bits per heavy atom. The lowest BCUT2D eigenvalue weighted by molar-refractivity contribution is 0.141. The van der Waals surface area contributed by atoms with Crippen LogP contribution in [-0.4, -0.2) is 29.7 Å². The van der Waals surface area contributed by atoms with Crippen LogP contribution in [0.1, 0.15) is 37.5 Å². The van der Waals surface area contributed by atoms with E-state index in [1.54, 1.807) is 0 Å². The molecule has 0 amide bonds. The lowest BCUT2D eigenvalue weighted by Gasteiger charge is -2.22. The highest BCUT2D eigenvalue weighted by Gasteiger charge is 2.12. The Hall–Kier alpha value is -2.04. The Morgan fingerprint density at radius 3 is 2.50 bits per heavy atom. The van der Waals surface area contributed by atoms with Crippen molar-refractivity contribution in [2.24, 2.45) is 0 Å². The second-order valence-electron chi connectivity index (χ2n) is 5.89. The third kappa shape index (κ3) is 5.25. The zero-order valence-corrected chi connectivity index (χ0v) is 14.6. The van der Waals surface area contributed by atoms with Gasteiger partial charge in [-0.25, -0.2) is 0 Å². The van der Waals surface area contributed by atoms with Gasteiger partial charge in [-0.3, -0.25) is 4.90 Å². The molecular weight excluding hydrogens is 300 g/mol. The Labute approximate surface area is 144 Å². The average molecular weight is 328 g/mol. The topological polar surface area (TPSA) is 58.7 Å². The van der Waals surface area contributed by atoms with E-state index in [1.807, 2.05) is 31.2 Å². The van der Waals surface area contributed by atoms with E-state index in [-0.39, 0.29) is 0 Å². The van der Waals surface area contributed by atoms with Crippen LogP contribution >= 0.6 is 0 Å². The molecule has 1 unspecified atom stereocenters. The number of ether oxygens (including phenoxy) is 1. The van der Waals surface area contributed by atoms with Gasteiger partial charge in [-0.15, -0.1) is 0 Å². The highest BCUT2D eigenvalue weighted by atomic mass is 16.5. The molecule has 0 heterocycles. The van der Waals surface area contributed by atoms with Crippen LogP contribution in [0.4, 0.5) is 5.69 Å². The van der Waals surface area contributed by atoms with Crippen LogP contribution in [0.25, 0.3) is 0 Å². The molecule has 0 aliphatic carbocycles. The second-order valence-corrected chi connectivity index (χ2v) is 5.89. The molecule has 0 aromatic heterocycles. The minimum atomic E-state index is -0.521. The van der Waals surface area contributed by atoms with Crippen molar-refractivity contribution in [2.75, 3.05) is 25.4 Å². The summed E-state index contributed by atoms with van der Waals surface area (Å²) in [5.74, 6) is 0.674. The number of aliphatic hydroxyl groups is 1. The number of aliphatic hydroxyl groups excluding tert-OH is 1. The van der Waals surface area contributed by atoms with Gasteiger partial charge < -0.3 is 15.6 Å². The van der Waals surface area contributed by atoms with Crippen molar-refractivity contribution in [1.29, 1.82) is 0 Å². The van der Waals surface area contributed by atoms with Crippen molar-refractivity contribution < 1.29 is 9.84 Å². The first kappa shape index (κ1) is 18.3. The fraction of sp³-hybridized carbons (Fsp3) is 0.400. The van der Waals surface area contributed by atoms with Crippen molar-refractivity contribution >= 4 is 5.69 Å². The van der Waals surface area contributed by atoms with E-state index in [2.05, 4.69) is 36.1 Å². The molecule has 130 valence electrons. The van der Waals surface area contributed by atoms with Gasteiger partial charge in [0.2, 0.25) is 0 Å². The normalized spacial score (nSPS) is 12.3. The monoisotopic (exact) mass is 328 g/mol. The maximum absolute atomic E-state index is 10.5. The molecule has 2 aromatic carbocycles. The maximum Gasteiger partial charge on any atom is 0.142 e. The number of nitrogen functional groups attached to an aromatic ring is 1. The number of anilines is 1. The minimum Gasteiger partial charge on any atom is -0.492 e. The van der Waals surface area contributed by atoms with E-state index in [4.69, 9.17) is 10.5 Å². The molecule has 0 aliphatic heterocycles. The molecule has 2 aromatic rings. The van der Waals surface area contributed by atoms with Gasteiger partial charge in [0, 0.05) is 13.1 Å². The molecule has 0 saturated heterocycles. The van der Waals surface area contributed by atoms with Crippen molar-refractivity contribution in [2.45, 2.75) is 32.9 Å². The van der Waals surface area contributed by atoms with Crippen molar-refractivity contribution in [1.82, 2.24) is 4.90 Å². The predicted molar refractivity (Wildman–Crippen MR) is 99.0 cm³/mol. The summed E-state index contributed by atoms with van der Waals surface area (Å²) in [5.41, 5.74) is 8.69. The summed E-state index contributed by atoms with van der Waals surface area (Å²) in [6, 6.07) is 15.9. The quantitative estimate of drug-likeness (QED) is 0.690. The molecular formula is C20H28N2O2. The molecule has 0 saturated carbocycles. The van der Waals surface area contributed by atoms with Gasteiger partial charge >= 0.3 is 0 Å². The third-order valence-electron chi connectivity index (χ3n) is 4.13. The Balaban J connectivity index is 1.91. The standard InChI is InChI=1S/C20H28N2O2/c1-3-22(15-16-8-6-5-7-9-16)13-12-19(23)17-10-11-20(24-4-2)18(21)14-17/h5-11,14,19,23H,3-4,12-13,15,21H2,1-2H3. The van der Waals surface area contributed by atoms with Crippen LogP contribution in [-0.2, 0) is 6.54 Å². The van der Waals surface area contributed by atoms with Gasteiger partial charge in [0.25, 0.3) is 0 Å². The fourth-order valence-electron chi connectivity index (χ4n) is 2.72. The molecule has 0 fully saturated rings. The van der Waals surface area contributed by atoms with Crippen molar-refractivity contribution in [3.8, 4) is 5.75 Å². The van der Waals surface area contributed by atoms with Crippen molar-refractivity contribution in [3.05, 3.63) is 59.7 Å². The van der Waals surface area contributed by atoms with E-state index in [9.17, 15) is 5.11 Å². The Kier molecular flexibility index (Phi) is 7.09. The van der Waals surface area contributed by atoms with Gasteiger partial charge in [-0.1, -0.05) is 43.3 Å². The summed E-state index contributed by atoms with van der Waals surface area (Å²) in [4.78, 5) is 2.33. The number of hydrogen-bond acceptors (Lipinski definition) is 4. The van der Waals surface area contributed by atoms with E-state index in [0.717, 1.165) is 25.2 Å². The van der Waals surface area contributed by atoms with Crippen LogP contribution in [0, 0.1) is 0 Å². The number of benzene rings is 2. The highest BCUT2D eigenvalue weighted by molar-refractivity contribution is 5.54. The first-order valence-electron chi connectivity index (χ1n) is 8.60. The molecule has 4 nitrogen and oxygen atoms in total. The molecule has 0 radical (unpaired) electrons. The van der Waals surface area contributed by atoms with Crippen LogP contribution in [0.5, 0.6) is 5.75 Å². The highest BCUT2D eigenvalue weighted by Crippen LogP contribution is 2.27. The first-order chi connectivity index (χ1) is 11.6. The molecule has 0 bridgehead atoms. The van der Waals surface area contributed by atoms with Crippen LogP contribution in [0.2, 0.25) is 0 Å². The fourth-order valence-corrected chi connectivity index (χ4v) is 2.72. The van der Waals surface area contributed by atoms with Gasteiger partial charge in [-0.05, 0) is 43.1 Å². The van der Waals surface area contributed by atoms with Gasteiger partial charge in [-0.2, -0.15) is 0 Å². The predicted octanol–water partition coefficient (Wildman–Crippen LogP) is 3.61. The van der Waals surface area contributed by atoms with E-state index in [1.165, 1.54) is 5.56 Å². The largest absolute Gasteiger partial charge is 0.492 e. The SMILES string of the molecule is CCOc1ccc(C(O)CCN(CC)Cc2ccccc2)cc1N. The van der Waals surface area contributed by atoms with Crippen molar-refractivity contribution in [3.63, 3.8) is 0 Å². The number of rotatable bonds is 9. The summed E-state index contributed by atoms with van der Waals surface area (Å²) in [5, 5.41) is 10.5. The Bertz CT molecular complexity index is 616. The van der Waals surface area contributed by atoms with Crippen LogP contribution in [0.15, 0.2) is 48.5 Å². The van der Waals surface area contributed by atoms with E-state index >= 15 is 0 Å². The smallest absolute Gasteiger partial charge is 0.142 e. The molecule has 0 aliphatic rings. The van der Waals surface area contributed by atoms with Crippen LogP contribution < -0.4 is 10.5 Å². The summed E-state index contributed by atoms with van der Waals surface area (Å²) < 4.78 is 5.44. The summed E-state index contributed by atoms with van der Waals surface area (Å²) in [6.07, 6.45) is 0.154. The zero-order valence-electron chi connectivity index (χ0n) is 14.6. The van der Waals surface area contributed by atoms with Gasteiger partial charge in [0.1, 0.15) is 5.75 Å². The molecule has 4 heteroatoms. The molecule has 3 N–H and O–H groups in total. The number of nitrogens with two attached hydrogens (primary N) is 1. The first-order valence-corrected chi connectivity index (χ1v) is 8.60. The number of hydrogen-bond donors (Lipinski definition) is 2. The third-order valence-corrected chi connectivity index (χ3v) is 4.13. The molecule has 2 rings (SSSR count).